The van der Waals surface area contributed by atoms with E-state index >= 15 is 0 Å². The summed E-state index contributed by atoms with van der Waals surface area (Å²) in [5.41, 5.74) is 1.38. The Hall–Kier alpha value is -2.60. The zero-order chi connectivity index (χ0) is 22.4. The number of allylic oxidation sites excluding steroid dienone is 1. The van der Waals surface area contributed by atoms with E-state index in [0.717, 1.165) is 10.0 Å². The molecule has 0 bridgehead atoms. The van der Waals surface area contributed by atoms with Crippen LogP contribution in [0.25, 0.3) is 6.08 Å². The summed E-state index contributed by atoms with van der Waals surface area (Å²) in [6, 6.07) is 18.7. The van der Waals surface area contributed by atoms with Crippen LogP contribution in [0.1, 0.15) is 22.8 Å². The molecule has 3 rings (SSSR count). The topological polar surface area (TPSA) is 52.6 Å². The van der Waals surface area contributed by atoms with E-state index in [2.05, 4.69) is 15.9 Å². The third-order valence-electron chi connectivity index (χ3n) is 4.16. The van der Waals surface area contributed by atoms with Gasteiger partial charge in [-0.15, -0.1) is 0 Å². The van der Waals surface area contributed by atoms with E-state index in [1.54, 1.807) is 67.6 Å². The summed E-state index contributed by atoms with van der Waals surface area (Å²) in [6.45, 7) is 1.57. The molecule has 1 atom stereocenters. The molecule has 0 aliphatic rings. The van der Waals surface area contributed by atoms with Gasteiger partial charge in [0.1, 0.15) is 11.5 Å². The van der Waals surface area contributed by atoms with Gasteiger partial charge in [0.05, 0.1) is 5.02 Å². The van der Waals surface area contributed by atoms with Gasteiger partial charge < -0.3 is 9.47 Å². The smallest absolute Gasteiger partial charge is 0.352 e. The lowest BCUT2D eigenvalue weighted by Gasteiger charge is -2.15. The summed E-state index contributed by atoms with van der Waals surface area (Å²) in [6.07, 6.45) is 2.32. The highest BCUT2D eigenvalue weighted by atomic mass is 79.9. The highest BCUT2D eigenvalue weighted by molar-refractivity contribution is 9.10. The maximum Gasteiger partial charge on any atom is 0.352 e. The number of carbonyl (C=O) groups excluding carboxylic acids is 2. The van der Waals surface area contributed by atoms with Gasteiger partial charge in [-0.05, 0) is 61.0 Å². The van der Waals surface area contributed by atoms with Crippen molar-refractivity contribution in [3.05, 3.63) is 98.5 Å². The van der Waals surface area contributed by atoms with Crippen LogP contribution in [0.3, 0.4) is 0 Å². The third-order valence-corrected chi connectivity index (χ3v) is 5.19. The van der Waals surface area contributed by atoms with Crippen molar-refractivity contribution in [2.24, 2.45) is 0 Å². The normalized spacial score (nSPS) is 11.9. The van der Waals surface area contributed by atoms with Crippen molar-refractivity contribution in [1.82, 2.24) is 0 Å². The summed E-state index contributed by atoms with van der Waals surface area (Å²) < 4.78 is 11.7. The summed E-state index contributed by atoms with van der Waals surface area (Å²) in [5, 5.41) is 0.778. The second-order valence-corrected chi connectivity index (χ2v) is 8.29. The van der Waals surface area contributed by atoms with E-state index < -0.39 is 12.1 Å². The summed E-state index contributed by atoms with van der Waals surface area (Å²) in [5.74, 6) is 0.0204. The second-order valence-electron chi connectivity index (χ2n) is 6.53. The molecule has 0 aromatic heterocycles. The Morgan fingerprint density at radius 1 is 1.00 bits per heavy atom. The van der Waals surface area contributed by atoms with Gasteiger partial charge in [-0.3, -0.25) is 4.79 Å². The Morgan fingerprint density at radius 2 is 1.74 bits per heavy atom. The second kappa shape index (κ2) is 10.6. The highest BCUT2D eigenvalue weighted by Gasteiger charge is 2.18. The van der Waals surface area contributed by atoms with Crippen molar-refractivity contribution in [2.75, 3.05) is 0 Å². The number of ketones is 1. The van der Waals surface area contributed by atoms with Gasteiger partial charge in [-0.2, -0.15) is 0 Å². The number of rotatable bonds is 7. The van der Waals surface area contributed by atoms with Gasteiger partial charge in [0, 0.05) is 15.1 Å². The molecular weight excluding hydrogens is 503 g/mol. The van der Waals surface area contributed by atoms with Gasteiger partial charge in [0.25, 0.3) is 0 Å². The van der Waals surface area contributed by atoms with Crippen LogP contribution in [0.15, 0.2) is 77.3 Å². The molecule has 0 heterocycles. The molecule has 0 aliphatic carbocycles. The van der Waals surface area contributed by atoms with Crippen molar-refractivity contribution >= 4 is 57.0 Å². The van der Waals surface area contributed by atoms with Crippen molar-refractivity contribution in [3.8, 4) is 11.5 Å². The lowest BCUT2D eigenvalue weighted by atomic mass is 10.1. The average Bonchev–Trinajstić information content (AvgIpc) is 2.75. The van der Waals surface area contributed by atoms with Crippen LogP contribution in [-0.4, -0.2) is 17.9 Å². The monoisotopic (exact) mass is 518 g/mol. The van der Waals surface area contributed by atoms with Gasteiger partial charge in [0.2, 0.25) is 0 Å². The molecule has 0 amide bonds. The molecule has 0 radical (unpaired) electrons. The van der Waals surface area contributed by atoms with Gasteiger partial charge >= 0.3 is 5.97 Å². The predicted octanol–water partition coefficient (Wildman–Crippen LogP) is 7.02. The zero-order valence-electron chi connectivity index (χ0n) is 16.3. The molecule has 0 aliphatic heterocycles. The molecule has 0 saturated carbocycles. The largest absolute Gasteiger partial charge is 0.477 e. The van der Waals surface area contributed by atoms with Crippen molar-refractivity contribution < 1.29 is 19.1 Å². The Bertz CT molecular complexity index is 1130. The first-order valence-corrected chi connectivity index (χ1v) is 10.8. The molecule has 0 fully saturated rings. The van der Waals surface area contributed by atoms with Crippen LogP contribution < -0.4 is 9.47 Å². The minimum absolute atomic E-state index is 0.108. The first-order valence-electron chi connectivity index (χ1n) is 9.23. The number of ether oxygens (including phenoxy) is 2. The average molecular weight is 520 g/mol. The van der Waals surface area contributed by atoms with Gasteiger partial charge in [-0.25, -0.2) is 4.79 Å². The number of halogens is 3. The highest BCUT2D eigenvalue weighted by Crippen LogP contribution is 2.28. The van der Waals surface area contributed by atoms with E-state index in [-0.39, 0.29) is 5.78 Å². The number of hydrogen-bond acceptors (Lipinski definition) is 4. The Kier molecular flexibility index (Phi) is 7.91. The van der Waals surface area contributed by atoms with Crippen LogP contribution in [0.2, 0.25) is 10.0 Å². The molecule has 158 valence electrons. The van der Waals surface area contributed by atoms with E-state index in [1.807, 2.05) is 6.07 Å². The maximum absolute atomic E-state index is 12.3. The first kappa shape index (κ1) is 23.1. The van der Waals surface area contributed by atoms with Gasteiger partial charge in [-0.1, -0.05) is 69.5 Å². The van der Waals surface area contributed by atoms with Crippen LogP contribution in [0.5, 0.6) is 11.5 Å². The van der Waals surface area contributed by atoms with Crippen molar-refractivity contribution in [1.29, 1.82) is 0 Å². The SMILES string of the molecule is CC(Oc1ccc(Cl)cc1Cl)C(=O)Oc1ccc(C=CC(=O)c2cccc(Br)c2)cc1. The molecule has 3 aromatic carbocycles. The molecule has 0 N–H and O–H groups in total. The number of esters is 1. The van der Waals surface area contributed by atoms with Crippen LogP contribution in [0, 0.1) is 0 Å². The van der Waals surface area contributed by atoms with Crippen LogP contribution in [-0.2, 0) is 4.79 Å². The maximum atomic E-state index is 12.3. The molecule has 0 spiro atoms. The van der Waals surface area contributed by atoms with E-state index in [1.165, 1.54) is 12.1 Å². The van der Waals surface area contributed by atoms with E-state index in [4.69, 9.17) is 32.7 Å². The number of benzene rings is 3. The zero-order valence-corrected chi connectivity index (χ0v) is 19.4. The van der Waals surface area contributed by atoms with Crippen molar-refractivity contribution in [3.63, 3.8) is 0 Å². The molecular formula is C24H17BrCl2O4. The van der Waals surface area contributed by atoms with Crippen LogP contribution in [0.4, 0.5) is 0 Å². The molecule has 3 aromatic rings. The molecule has 4 nitrogen and oxygen atoms in total. The minimum Gasteiger partial charge on any atom is -0.477 e. The van der Waals surface area contributed by atoms with Crippen LogP contribution >= 0.6 is 39.1 Å². The Morgan fingerprint density at radius 3 is 2.42 bits per heavy atom. The quantitative estimate of drug-likeness (QED) is 0.145. The third kappa shape index (κ3) is 6.69. The summed E-state index contributed by atoms with van der Waals surface area (Å²) in [4.78, 5) is 24.5. The standard InChI is InChI=1S/C24H17BrCl2O4/c1-15(30-23-12-8-19(26)14-21(23)27)24(29)31-20-9-5-16(6-10-20)7-11-22(28)17-3-2-4-18(25)13-17/h2-15H,1H3. The van der Waals surface area contributed by atoms with Crippen molar-refractivity contribution in [2.45, 2.75) is 13.0 Å². The van der Waals surface area contributed by atoms with E-state index in [9.17, 15) is 9.59 Å². The van der Waals surface area contributed by atoms with Gasteiger partial charge in [0.15, 0.2) is 11.9 Å². The number of carbonyl (C=O) groups is 2. The lowest BCUT2D eigenvalue weighted by molar-refractivity contribution is -0.141. The predicted molar refractivity (Wildman–Crippen MR) is 126 cm³/mol. The first-order chi connectivity index (χ1) is 14.8. The fourth-order valence-corrected chi connectivity index (χ4v) is 3.42. The minimum atomic E-state index is -0.874. The molecule has 0 saturated heterocycles. The molecule has 7 heteroatoms. The summed E-state index contributed by atoms with van der Waals surface area (Å²) in [7, 11) is 0. The fraction of sp³-hybridized carbons (Fsp3) is 0.0833. The fourth-order valence-electron chi connectivity index (χ4n) is 2.57. The summed E-state index contributed by atoms with van der Waals surface area (Å²) >= 11 is 15.3. The molecule has 31 heavy (non-hydrogen) atoms. The van der Waals surface area contributed by atoms with E-state index in [0.29, 0.717) is 27.1 Å². The Balaban J connectivity index is 1.58. The molecule has 1 unspecified atom stereocenters. The Labute approximate surface area is 198 Å². The number of hydrogen-bond donors (Lipinski definition) is 0. The lowest BCUT2D eigenvalue weighted by Crippen LogP contribution is -2.28.